The molecule has 5 rings (SSSR count). The quantitative estimate of drug-likeness (QED) is 0.638. The van der Waals surface area contributed by atoms with E-state index >= 15 is 0 Å². The highest BCUT2D eigenvalue weighted by atomic mass is 16.6. The van der Waals surface area contributed by atoms with Crippen molar-refractivity contribution < 1.29 is 19.1 Å². The van der Waals surface area contributed by atoms with Crippen molar-refractivity contribution in [3.8, 4) is 11.5 Å². The third-order valence-corrected chi connectivity index (χ3v) is 5.64. The third kappa shape index (κ3) is 3.31. The molecule has 3 heterocycles. The number of rotatable bonds is 5. The Morgan fingerprint density at radius 1 is 1.10 bits per heavy atom. The first-order valence-electron chi connectivity index (χ1n) is 10.2. The summed E-state index contributed by atoms with van der Waals surface area (Å²) in [5, 5.41) is 4.46. The summed E-state index contributed by atoms with van der Waals surface area (Å²) in [6.07, 6.45) is 2.93. The summed E-state index contributed by atoms with van der Waals surface area (Å²) in [5.41, 5.74) is 4.03. The van der Waals surface area contributed by atoms with Crippen molar-refractivity contribution in [2.75, 3.05) is 24.7 Å². The molecule has 2 amide bonds. The maximum Gasteiger partial charge on any atom is 0.251 e. The molecule has 154 valence electrons. The molecule has 0 bridgehead atoms. The summed E-state index contributed by atoms with van der Waals surface area (Å²) in [6, 6.07) is 11.0. The zero-order valence-corrected chi connectivity index (χ0v) is 16.7. The van der Waals surface area contributed by atoms with Crippen LogP contribution in [0.15, 0.2) is 42.6 Å². The SMILES string of the molecule is Cc1ccc2[nH]cc(CCN[C@H]3CC(=O)N(c4ccc5c(c4)OCCO5)C3=O)c2c1. The summed E-state index contributed by atoms with van der Waals surface area (Å²) in [4.78, 5) is 30.0. The van der Waals surface area contributed by atoms with Crippen LogP contribution in [-0.4, -0.2) is 42.6 Å². The van der Waals surface area contributed by atoms with Gasteiger partial charge in [0, 0.05) is 29.7 Å². The lowest BCUT2D eigenvalue weighted by molar-refractivity contribution is -0.121. The molecule has 1 fully saturated rings. The number of anilines is 1. The Labute approximate surface area is 174 Å². The molecular formula is C23H23N3O4. The Morgan fingerprint density at radius 3 is 2.80 bits per heavy atom. The number of fused-ring (bicyclic) bond motifs is 2. The van der Waals surface area contributed by atoms with Crippen LogP contribution < -0.4 is 19.7 Å². The number of H-pyrrole nitrogens is 1. The molecular weight excluding hydrogens is 382 g/mol. The molecule has 0 saturated carbocycles. The Bertz CT molecular complexity index is 1140. The van der Waals surface area contributed by atoms with Crippen LogP contribution in [0.3, 0.4) is 0 Å². The van der Waals surface area contributed by atoms with E-state index in [1.165, 1.54) is 21.4 Å². The fourth-order valence-corrected chi connectivity index (χ4v) is 4.11. The molecule has 7 nitrogen and oxygen atoms in total. The van der Waals surface area contributed by atoms with Crippen molar-refractivity contribution in [3.63, 3.8) is 0 Å². The van der Waals surface area contributed by atoms with E-state index in [1.807, 2.05) is 6.20 Å². The molecule has 2 N–H and O–H groups in total. The third-order valence-electron chi connectivity index (χ3n) is 5.64. The first kappa shape index (κ1) is 18.7. The van der Waals surface area contributed by atoms with Gasteiger partial charge in [0.2, 0.25) is 5.91 Å². The van der Waals surface area contributed by atoms with Crippen LogP contribution in [0.1, 0.15) is 17.5 Å². The van der Waals surface area contributed by atoms with Gasteiger partial charge in [-0.15, -0.1) is 0 Å². The molecule has 3 aromatic rings. The molecule has 1 aromatic heterocycles. The van der Waals surface area contributed by atoms with Crippen LogP contribution in [0, 0.1) is 6.92 Å². The largest absolute Gasteiger partial charge is 0.486 e. The Balaban J connectivity index is 1.26. The molecule has 0 radical (unpaired) electrons. The fourth-order valence-electron chi connectivity index (χ4n) is 4.11. The van der Waals surface area contributed by atoms with E-state index in [1.54, 1.807) is 18.2 Å². The average Bonchev–Trinajstić information content (AvgIpc) is 3.27. The number of carbonyl (C=O) groups is 2. The van der Waals surface area contributed by atoms with E-state index in [2.05, 4.69) is 35.4 Å². The lowest BCUT2D eigenvalue weighted by Crippen LogP contribution is -2.39. The van der Waals surface area contributed by atoms with Gasteiger partial charge in [-0.25, -0.2) is 4.90 Å². The van der Waals surface area contributed by atoms with Crippen LogP contribution in [0.4, 0.5) is 5.69 Å². The van der Waals surface area contributed by atoms with Gasteiger partial charge in [0.05, 0.1) is 18.2 Å². The Hall–Kier alpha value is -3.32. The van der Waals surface area contributed by atoms with Crippen LogP contribution in [0.5, 0.6) is 11.5 Å². The van der Waals surface area contributed by atoms with Gasteiger partial charge in [-0.3, -0.25) is 9.59 Å². The number of amides is 2. The fraction of sp³-hybridized carbons (Fsp3) is 0.304. The van der Waals surface area contributed by atoms with Gasteiger partial charge in [0.25, 0.3) is 5.91 Å². The van der Waals surface area contributed by atoms with Crippen LogP contribution in [-0.2, 0) is 16.0 Å². The van der Waals surface area contributed by atoms with E-state index in [0.29, 0.717) is 36.9 Å². The van der Waals surface area contributed by atoms with Crippen molar-refractivity contribution >= 4 is 28.4 Å². The predicted octanol–water partition coefficient (Wildman–Crippen LogP) is 2.71. The highest BCUT2D eigenvalue weighted by molar-refractivity contribution is 6.22. The second-order valence-electron chi connectivity index (χ2n) is 7.72. The van der Waals surface area contributed by atoms with E-state index in [9.17, 15) is 9.59 Å². The van der Waals surface area contributed by atoms with Gasteiger partial charge >= 0.3 is 0 Å². The molecule has 30 heavy (non-hydrogen) atoms. The Morgan fingerprint density at radius 2 is 1.93 bits per heavy atom. The summed E-state index contributed by atoms with van der Waals surface area (Å²) in [5.74, 6) is 0.751. The minimum absolute atomic E-state index is 0.153. The molecule has 0 aliphatic carbocycles. The molecule has 1 saturated heterocycles. The van der Waals surface area contributed by atoms with Crippen molar-refractivity contribution in [3.05, 3.63) is 53.7 Å². The monoisotopic (exact) mass is 405 g/mol. The molecule has 2 aliphatic heterocycles. The molecule has 0 unspecified atom stereocenters. The van der Waals surface area contributed by atoms with Gasteiger partial charge < -0.3 is 19.8 Å². The van der Waals surface area contributed by atoms with Crippen LogP contribution in [0.2, 0.25) is 0 Å². The van der Waals surface area contributed by atoms with Gasteiger partial charge in [0.1, 0.15) is 13.2 Å². The number of hydrogen-bond acceptors (Lipinski definition) is 5. The first-order valence-corrected chi connectivity index (χ1v) is 10.2. The molecule has 2 aliphatic rings. The Kier molecular flexibility index (Phi) is 4.67. The zero-order chi connectivity index (χ0) is 20.7. The lowest BCUT2D eigenvalue weighted by atomic mass is 10.1. The second-order valence-corrected chi connectivity index (χ2v) is 7.72. The minimum Gasteiger partial charge on any atom is -0.486 e. The predicted molar refractivity (Wildman–Crippen MR) is 113 cm³/mol. The van der Waals surface area contributed by atoms with E-state index in [4.69, 9.17) is 9.47 Å². The number of aryl methyl sites for hydroxylation is 1. The first-order chi connectivity index (χ1) is 14.6. The normalized spacial score (nSPS) is 18.4. The standard InChI is InChI=1S/C23H23N3O4/c1-14-2-4-18-17(10-14)15(13-25-18)6-7-24-19-12-22(27)26(23(19)28)16-3-5-20-21(11-16)30-9-8-29-20/h2-5,10-11,13,19,24-25H,6-9,12H2,1H3/t19-/m0/s1. The minimum atomic E-state index is -0.516. The van der Waals surface area contributed by atoms with Gasteiger partial charge in [-0.05, 0) is 43.2 Å². The number of hydrogen-bond donors (Lipinski definition) is 2. The van der Waals surface area contributed by atoms with E-state index in [0.717, 1.165) is 11.9 Å². The summed E-state index contributed by atoms with van der Waals surface area (Å²) < 4.78 is 11.1. The summed E-state index contributed by atoms with van der Waals surface area (Å²) in [6.45, 7) is 3.63. The number of nitrogens with one attached hydrogen (secondary N) is 2. The summed E-state index contributed by atoms with van der Waals surface area (Å²) in [7, 11) is 0. The van der Waals surface area contributed by atoms with E-state index in [-0.39, 0.29) is 18.2 Å². The van der Waals surface area contributed by atoms with Gasteiger partial charge in [-0.1, -0.05) is 11.6 Å². The number of imide groups is 1. The average molecular weight is 405 g/mol. The number of aromatic amines is 1. The molecule has 1 atom stereocenters. The maximum atomic E-state index is 12.9. The van der Waals surface area contributed by atoms with Crippen LogP contribution in [0.25, 0.3) is 10.9 Å². The smallest absolute Gasteiger partial charge is 0.251 e. The number of ether oxygens (including phenoxy) is 2. The number of aromatic nitrogens is 1. The van der Waals surface area contributed by atoms with Crippen molar-refractivity contribution in [2.24, 2.45) is 0 Å². The number of carbonyl (C=O) groups excluding carboxylic acids is 2. The van der Waals surface area contributed by atoms with Crippen LogP contribution >= 0.6 is 0 Å². The van der Waals surface area contributed by atoms with Gasteiger partial charge in [0.15, 0.2) is 11.5 Å². The van der Waals surface area contributed by atoms with Gasteiger partial charge in [-0.2, -0.15) is 0 Å². The molecule has 2 aromatic carbocycles. The zero-order valence-electron chi connectivity index (χ0n) is 16.7. The molecule has 0 spiro atoms. The number of benzene rings is 2. The van der Waals surface area contributed by atoms with E-state index < -0.39 is 6.04 Å². The highest BCUT2D eigenvalue weighted by Gasteiger charge is 2.39. The maximum absolute atomic E-state index is 12.9. The number of nitrogens with zero attached hydrogens (tertiary/aromatic N) is 1. The van der Waals surface area contributed by atoms with Crippen molar-refractivity contribution in [2.45, 2.75) is 25.8 Å². The van der Waals surface area contributed by atoms with Crippen molar-refractivity contribution in [1.29, 1.82) is 0 Å². The molecule has 7 heteroatoms. The lowest BCUT2D eigenvalue weighted by Gasteiger charge is -2.21. The topological polar surface area (TPSA) is 83.7 Å². The van der Waals surface area contributed by atoms with Crippen molar-refractivity contribution in [1.82, 2.24) is 10.3 Å². The second kappa shape index (κ2) is 7.50. The highest BCUT2D eigenvalue weighted by Crippen LogP contribution is 2.35. The summed E-state index contributed by atoms with van der Waals surface area (Å²) >= 11 is 0.